The standard InChI is InChI=1S/C23H33N5O2/c1-15-7-6-10-28-20(15)24-19(21(28)25-23(2,3)4)16-8-11-27(12-9-16)22(30)17-13-18(29)26(5)14-17/h6-7,10,16-17,25H,8-9,11-14H2,1-5H3/t17-/m1/s1. The van der Waals surface area contributed by atoms with Gasteiger partial charge in [-0.15, -0.1) is 0 Å². The van der Waals surface area contributed by atoms with Gasteiger partial charge in [0.15, 0.2) is 0 Å². The number of aryl methyl sites for hydroxylation is 1. The number of hydrogen-bond acceptors (Lipinski definition) is 4. The lowest BCUT2D eigenvalue weighted by atomic mass is 9.92. The van der Waals surface area contributed by atoms with Crippen molar-refractivity contribution in [3.05, 3.63) is 29.6 Å². The van der Waals surface area contributed by atoms with Crippen LogP contribution in [0.15, 0.2) is 18.3 Å². The highest BCUT2D eigenvalue weighted by Crippen LogP contribution is 2.35. The summed E-state index contributed by atoms with van der Waals surface area (Å²) in [4.78, 5) is 33.3. The summed E-state index contributed by atoms with van der Waals surface area (Å²) in [6.45, 7) is 10.6. The molecular weight excluding hydrogens is 378 g/mol. The minimum Gasteiger partial charge on any atom is -0.365 e. The summed E-state index contributed by atoms with van der Waals surface area (Å²) in [7, 11) is 1.77. The van der Waals surface area contributed by atoms with Gasteiger partial charge in [0, 0.05) is 50.8 Å². The van der Waals surface area contributed by atoms with Crippen molar-refractivity contribution in [1.29, 1.82) is 0 Å². The first kappa shape index (κ1) is 20.7. The molecule has 0 unspecified atom stereocenters. The van der Waals surface area contributed by atoms with Crippen LogP contribution in [0.25, 0.3) is 5.65 Å². The van der Waals surface area contributed by atoms with Crippen LogP contribution < -0.4 is 5.32 Å². The number of pyridine rings is 1. The molecule has 2 saturated heterocycles. The van der Waals surface area contributed by atoms with Gasteiger partial charge in [0.2, 0.25) is 11.8 Å². The van der Waals surface area contributed by atoms with E-state index in [1.165, 1.54) is 0 Å². The van der Waals surface area contributed by atoms with E-state index in [1.54, 1.807) is 11.9 Å². The van der Waals surface area contributed by atoms with Crippen LogP contribution in [0, 0.1) is 12.8 Å². The fraction of sp³-hybridized carbons (Fsp3) is 0.609. The second-order valence-electron chi connectivity index (χ2n) is 9.88. The minimum absolute atomic E-state index is 0.0706. The molecule has 7 heteroatoms. The number of rotatable bonds is 3. The monoisotopic (exact) mass is 411 g/mol. The highest BCUT2D eigenvalue weighted by Gasteiger charge is 2.37. The van der Waals surface area contributed by atoms with Gasteiger partial charge < -0.3 is 15.1 Å². The van der Waals surface area contributed by atoms with E-state index in [0.29, 0.717) is 18.9 Å². The second kappa shape index (κ2) is 7.60. The number of aromatic nitrogens is 2. The third-order valence-corrected chi connectivity index (χ3v) is 6.25. The number of nitrogens with zero attached hydrogens (tertiary/aromatic N) is 4. The number of piperidine rings is 1. The Morgan fingerprint density at radius 3 is 2.53 bits per heavy atom. The van der Waals surface area contributed by atoms with E-state index in [2.05, 4.69) is 55.7 Å². The predicted molar refractivity (Wildman–Crippen MR) is 118 cm³/mol. The molecule has 1 N–H and O–H groups in total. The fourth-order valence-corrected chi connectivity index (χ4v) is 4.65. The molecule has 162 valence electrons. The van der Waals surface area contributed by atoms with Crippen molar-refractivity contribution < 1.29 is 9.59 Å². The van der Waals surface area contributed by atoms with E-state index in [1.807, 2.05) is 4.90 Å². The second-order valence-corrected chi connectivity index (χ2v) is 9.88. The van der Waals surface area contributed by atoms with Gasteiger partial charge in [0.1, 0.15) is 11.5 Å². The zero-order valence-electron chi connectivity index (χ0n) is 18.7. The number of amides is 2. The number of carbonyl (C=O) groups is 2. The summed E-state index contributed by atoms with van der Waals surface area (Å²) >= 11 is 0. The molecule has 2 amide bonds. The largest absolute Gasteiger partial charge is 0.365 e. The van der Waals surface area contributed by atoms with Gasteiger partial charge in [-0.25, -0.2) is 4.98 Å². The summed E-state index contributed by atoms with van der Waals surface area (Å²) in [5.41, 5.74) is 3.17. The van der Waals surface area contributed by atoms with Crippen LogP contribution in [0.1, 0.15) is 57.2 Å². The number of anilines is 1. The first-order valence-electron chi connectivity index (χ1n) is 10.9. The molecule has 2 aliphatic heterocycles. The first-order chi connectivity index (χ1) is 14.1. The summed E-state index contributed by atoms with van der Waals surface area (Å²) in [6, 6.07) is 4.15. The molecule has 4 heterocycles. The maximum absolute atomic E-state index is 12.9. The summed E-state index contributed by atoms with van der Waals surface area (Å²) in [6.07, 6.45) is 4.20. The van der Waals surface area contributed by atoms with Gasteiger partial charge >= 0.3 is 0 Å². The van der Waals surface area contributed by atoms with Gasteiger partial charge in [0.05, 0.1) is 11.6 Å². The number of hydrogen-bond donors (Lipinski definition) is 1. The van der Waals surface area contributed by atoms with E-state index < -0.39 is 0 Å². The molecule has 1 atom stereocenters. The van der Waals surface area contributed by atoms with E-state index >= 15 is 0 Å². The van der Waals surface area contributed by atoms with E-state index in [-0.39, 0.29) is 23.3 Å². The molecule has 2 fully saturated rings. The molecule has 7 nitrogen and oxygen atoms in total. The van der Waals surface area contributed by atoms with Crippen molar-refractivity contribution in [2.45, 2.75) is 58.4 Å². The Kier molecular flexibility index (Phi) is 5.24. The van der Waals surface area contributed by atoms with Crippen LogP contribution in [-0.4, -0.2) is 63.2 Å². The van der Waals surface area contributed by atoms with Crippen molar-refractivity contribution in [2.24, 2.45) is 5.92 Å². The van der Waals surface area contributed by atoms with Crippen molar-refractivity contribution in [2.75, 3.05) is 32.0 Å². The summed E-state index contributed by atoms with van der Waals surface area (Å²) in [5, 5.41) is 3.66. The molecule has 4 rings (SSSR count). The quantitative estimate of drug-likeness (QED) is 0.843. The van der Waals surface area contributed by atoms with Crippen LogP contribution in [0.3, 0.4) is 0 Å². The van der Waals surface area contributed by atoms with Crippen LogP contribution in [0.2, 0.25) is 0 Å². The summed E-state index contributed by atoms with van der Waals surface area (Å²) < 4.78 is 2.16. The van der Waals surface area contributed by atoms with Crippen LogP contribution in [0.4, 0.5) is 5.82 Å². The smallest absolute Gasteiger partial charge is 0.227 e. The first-order valence-corrected chi connectivity index (χ1v) is 10.9. The van der Waals surface area contributed by atoms with Crippen molar-refractivity contribution in [1.82, 2.24) is 19.2 Å². The average molecular weight is 412 g/mol. The minimum atomic E-state index is -0.185. The zero-order valence-corrected chi connectivity index (χ0v) is 18.7. The topological polar surface area (TPSA) is 70.0 Å². The maximum Gasteiger partial charge on any atom is 0.227 e. The number of carbonyl (C=O) groups excluding carboxylic acids is 2. The lowest BCUT2D eigenvalue weighted by molar-refractivity contribution is -0.136. The molecule has 30 heavy (non-hydrogen) atoms. The van der Waals surface area contributed by atoms with Gasteiger partial charge in [-0.2, -0.15) is 0 Å². The average Bonchev–Trinajstić information content (AvgIpc) is 3.21. The van der Waals surface area contributed by atoms with Gasteiger partial charge in [-0.3, -0.25) is 14.0 Å². The normalized spacial score (nSPS) is 21.0. The SMILES string of the molecule is Cc1cccn2c(NC(C)(C)C)c(C3CCN(C(=O)[C@@H]4CC(=O)N(C)C4)CC3)nc12. The van der Waals surface area contributed by atoms with Crippen molar-refractivity contribution >= 4 is 23.3 Å². The van der Waals surface area contributed by atoms with E-state index in [9.17, 15) is 9.59 Å². The molecule has 0 saturated carbocycles. The molecular formula is C23H33N5O2. The Labute approximate surface area is 178 Å². The Bertz CT molecular complexity index is 966. The van der Waals surface area contributed by atoms with Crippen LogP contribution >= 0.6 is 0 Å². The Balaban J connectivity index is 1.53. The number of fused-ring (bicyclic) bond motifs is 1. The molecule has 0 bridgehead atoms. The van der Waals surface area contributed by atoms with Gasteiger partial charge in [-0.05, 0) is 52.2 Å². The molecule has 2 aromatic rings. The number of nitrogens with one attached hydrogen (secondary N) is 1. The lowest BCUT2D eigenvalue weighted by Gasteiger charge is -2.33. The molecule has 2 aromatic heterocycles. The number of likely N-dealkylation sites (tertiary alicyclic amines) is 2. The molecule has 0 spiro atoms. The van der Waals surface area contributed by atoms with Crippen molar-refractivity contribution in [3.63, 3.8) is 0 Å². The fourth-order valence-electron chi connectivity index (χ4n) is 4.65. The number of imidazole rings is 1. The maximum atomic E-state index is 12.9. The van der Waals surface area contributed by atoms with Gasteiger partial charge in [-0.1, -0.05) is 6.07 Å². The predicted octanol–water partition coefficient (Wildman–Crippen LogP) is 3.04. The van der Waals surface area contributed by atoms with Crippen LogP contribution in [-0.2, 0) is 9.59 Å². The van der Waals surface area contributed by atoms with Crippen molar-refractivity contribution in [3.8, 4) is 0 Å². The van der Waals surface area contributed by atoms with E-state index in [0.717, 1.165) is 48.7 Å². The molecule has 0 aliphatic carbocycles. The summed E-state index contributed by atoms with van der Waals surface area (Å²) in [5.74, 6) is 1.39. The Morgan fingerprint density at radius 2 is 1.93 bits per heavy atom. The third kappa shape index (κ3) is 3.89. The lowest BCUT2D eigenvalue weighted by Crippen LogP contribution is -2.42. The van der Waals surface area contributed by atoms with Gasteiger partial charge in [0.25, 0.3) is 0 Å². The highest BCUT2D eigenvalue weighted by atomic mass is 16.2. The van der Waals surface area contributed by atoms with Crippen LogP contribution in [0.5, 0.6) is 0 Å². The molecule has 0 radical (unpaired) electrons. The Morgan fingerprint density at radius 1 is 1.23 bits per heavy atom. The zero-order chi connectivity index (χ0) is 21.6. The van der Waals surface area contributed by atoms with E-state index in [4.69, 9.17) is 4.98 Å². The highest BCUT2D eigenvalue weighted by molar-refractivity contribution is 5.89. The molecule has 0 aromatic carbocycles. The molecule has 2 aliphatic rings. The third-order valence-electron chi connectivity index (χ3n) is 6.25. The Hall–Kier alpha value is -2.57.